The summed E-state index contributed by atoms with van der Waals surface area (Å²) < 4.78 is 41.7. The number of carbonyl (C=O) groups excluding carboxylic acids is 1. The topological polar surface area (TPSA) is 78.0 Å². The van der Waals surface area contributed by atoms with Crippen LogP contribution in [-0.4, -0.2) is 35.1 Å². The Balaban J connectivity index is 1.90. The summed E-state index contributed by atoms with van der Waals surface area (Å²) in [5, 5.41) is 7.95. The van der Waals surface area contributed by atoms with E-state index in [0.717, 1.165) is 16.8 Å². The lowest BCUT2D eigenvalue weighted by Crippen LogP contribution is -2.12. The molecule has 0 fully saturated rings. The molecule has 10 heteroatoms. The van der Waals surface area contributed by atoms with Crippen LogP contribution in [0.25, 0.3) is 11.7 Å². The first kappa shape index (κ1) is 15.5. The molecule has 7 nitrogen and oxygen atoms in total. The van der Waals surface area contributed by atoms with E-state index >= 15 is 0 Å². The van der Waals surface area contributed by atoms with E-state index in [1.807, 2.05) is 0 Å². The minimum absolute atomic E-state index is 0.0392. The van der Waals surface area contributed by atoms with Gasteiger partial charge < -0.3 is 0 Å². The van der Waals surface area contributed by atoms with E-state index in [1.54, 1.807) is 13.8 Å². The molecule has 0 amide bonds. The fourth-order valence-electron chi connectivity index (χ4n) is 2.94. The molecule has 0 spiro atoms. The number of nitrogens with zero attached hydrogens (tertiary/aromatic N) is 6. The van der Waals surface area contributed by atoms with Gasteiger partial charge in [0.15, 0.2) is 11.5 Å². The molecular formula is C15H11F3N6O. The van der Waals surface area contributed by atoms with Crippen LogP contribution in [-0.2, 0) is 6.18 Å². The van der Waals surface area contributed by atoms with Crippen LogP contribution in [0, 0.1) is 6.92 Å². The highest BCUT2D eigenvalue weighted by Crippen LogP contribution is 2.33. The number of carbonyl (C=O) groups is 1. The van der Waals surface area contributed by atoms with Gasteiger partial charge in [-0.25, -0.2) is 19.2 Å². The molecule has 0 radical (unpaired) electrons. The number of Topliss-reactive ketones (excluding diaryl/α,β-unsaturated/α-hetero) is 1. The monoisotopic (exact) mass is 348 g/mol. The molecular weight excluding hydrogens is 337 g/mol. The zero-order valence-electron chi connectivity index (χ0n) is 13.1. The Kier molecular flexibility index (Phi) is 3.08. The second kappa shape index (κ2) is 4.98. The summed E-state index contributed by atoms with van der Waals surface area (Å²) in [6.07, 6.45) is -0.674. The van der Waals surface area contributed by atoms with Crippen molar-refractivity contribution in [3.8, 4) is 0 Å². The Bertz CT molecular complexity index is 1050. The number of allylic oxidation sites excluding steroid dienone is 1. The maximum Gasteiger partial charge on any atom is 0.433 e. The minimum Gasteiger partial charge on any atom is -0.285 e. The lowest BCUT2D eigenvalue weighted by atomic mass is 10.0. The minimum atomic E-state index is -4.56. The molecule has 0 saturated carbocycles. The zero-order valence-corrected chi connectivity index (χ0v) is 13.1. The molecule has 3 aromatic rings. The second-order valence-electron chi connectivity index (χ2n) is 5.70. The van der Waals surface area contributed by atoms with Crippen LogP contribution in [0.2, 0.25) is 0 Å². The van der Waals surface area contributed by atoms with E-state index in [2.05, 4.69) is 20.2 Å². The number of fused-ring (bicyclic) bond motifs is 2. The number of ketones is 1. The molecule has 0 bridgehead atoms. The predicted octanol–water partition coefficient (Wildman–Crippen LogP) is 2.49. The summed E-state index contributed by atoms with van der Waals surface area (Å²) >= 11 is 0. The maximum atomic E-state index is 13.1. The summed E-state index contributed by atoms with van der Waals surface area (Å²) in [6.45, 7) is 3.34. The van der Waals surface area contributed by atoms with Crippen molar-refractivity contribution in [2.24, 2.45) is 0 Å². The van der Waals surface area contributed by atoms with Gasteiger partial charge in [-0.05, 0) is 26.0 Å². The summed E-state index contributed by atoms with van der Waals surface area (Å²) in [4.78, 5) is 20.4. The van der Waals surface area contributed by atoms with Crippen molar-refractivity contribution in [1.82, 2.24) is 29.4 Å². The summed E-state index contributed by atoms with van der Waals surface area (Å²) in [5.41, 5.74) is 0.206. The van der Waals surface area contributed by atoms with Crippen LogP contribution < -0.4 is 0 Å². The Labute approximate surface area is 138 Å². The fourth-order valence-corrected chi connectivity index (χ4v) is 2.94. The van der Waals surface area contributed by atoms with Gasteiger partial charge in [0.1, 0.15) is 12.0 Å². The number of aryl methyl sites for hydroxylation is 1. The lowest BCUT2D eigenvalue weighted by molar-refractivity contribution is -0.142. The van der Waals surface area contributed by atoms with E-state index in [1.165, 1.54) is 17.1 Å². The van der Waals surface area contributed by atoms with Gasteiger partial charge in [-0.1, -0.05) is 0 Å². The van der Waals surface area contributed by atoms with Crippen LogP contribution in [0.15, 0.2) is 24.2 Å². The fraction of sp³-hybridized carbons (Fsp3) is 0.267. The highest BCUT2D eigenvalue weighted by atomic mass is 19.4. The van der Waals surface area contributed by atoms with Gasteiger partial charge in [-0.3, -0.25) is 4.79 Å². The first-order valence-electron chi connectivity index (χ1n) is 7.36. The molecule has 1 unspecified atom stereocenters. The molecule has 3 aromatic heterocycles. The van der Waals surface area contributed by atoms with E-state index in [-0.39, 0.29) is 23.3 Å². The molecule has 0 N–H and O–H groups in total. The average molecular weight is 348 g/mol. The van der Waals surface area contributed by atoms with Crippen molar-refractivity contribution in [1.29, 1.82) is 0 Å². The number of rotatable bonds is 1. The summed E-state index contributed by atoms with van der Waals surface area (Å²) in [5.74, 6) is -0.104. The van der Waals surface area contributed by atoms with Gasteiger partial charge in [0.05, 0.1) is 11.7 Å². The van der Waals surface area contributed by atoms with Gasteiger partial charge in [-0.15, -0.1) is 0 Å². The van der Waals surface area contributed by atoms with Crippen molar-refractivity contribution < 1.29 is 18.0 Å². The smallest absolute Gasteiger partial charge is 0.285 e. The largest absolute Gasteiger partial charge is 0.433 e. The van der Waals surface area contributed by atoms with Gasteiger partial charge in [-0.2, -0.15) is 23.4 Å². The van der Waals surface area contributed by atoms with E-state index in [4.69, 9.17) is 0 Å². The quantitative estimate of drug-likeness (QED) is 0.632. The van der Waals surface area contributed by atoms with Crippen LogP contribution >= 0.6 is 0 Å². The third-order valence-corrected chi connectivity index (χ3v) is 4.18. The maximum absolute atomic E-state index is 13.1. The van der Waals surface area contributed by atoms with E-state index in [9.17, 15) is 18.0 Å². The van der Waals surface area contributed by atoms with Gasteiger partial charge >= 0.3 is 6.18 Å². The standard InChI is InChI=1S/C15H11F3N6O/c1-7-9(5-10-8(2)23-14(12(10)25)20-6-21-23)13-19-4-3-11(15(16,17)18)24(13)22-7/h3-6,8H,1-2H3/b10-5+. The Morgan fingerprint density at radius 2 is 2.04 bits per heavy atom. The number of halogens is 3. The van der Waals surface area contributed by atoms with Crippen molar-refractivity contribution in [2.45, 2.75) is 26.1 Å². The molecule has 1 atom stereocenters. The highest BCUT2D eigenvalue weighted by molar-refractivity contribution is 6.12. The van der Waals surface area contributed by atoms with Crippen LogP contribution in [0.1, 0.15) is 40.5 Å². The van der Waals surface area contributed by atoms with Crippen molar-refractivity contribution in [3.63, 3.8) is 0 Å². The Morgan fingerprint density at radius 1 is 1.28 bits per heavy atom. The number of hydrogen-bond acceptors (Lipinski definition) is 5. The van der Waals surface area contributed by atoms with Crippen molar-refractivity contribution in [2.75, 3.05) is 0 Å². The third kappa shape index (κ3) is 2.17. The summed E-state index contributed by atoms with van der Waals surface area (Å²) in [7, 11) is 0. The predicted molar refractivity (Wildman–Crippen MR) is 79.8 cm³/mol. The molecule has 4 heterocycles. The molecule has 0 aromatic carbocycles. The van der Waals surface area contributed by atoms with Gasteiger partial charge in [0.25, 0.3) is 0 Å². The van der Waals surface area contributed by atoms with E-state index < -0.39 is 11.9 Å². The number of alkyl halides is 3. The van der Waals surface area contributed by atoms with Crippen molar-refractivity contribution in [3.05, 3.63) is 46.9 Å². The van der Waals surface area contributed by atoms with Gasteiger partial charge in [0, 0.05) is 17.3 Å². The summed E-state index contributed by atoms with van der Waals surface area (Å²) in [6, 6.07) is 0.490. The van der Waals surface area contributed by atoms with Crippen LogP contribution in [0.5, 0.6) is 0 Å². The molecule has 4 rings (SSSR count). The van der Waals surface area contributed by atoms with Crippen LogP contribution in [0.4, 0.5) is 13.2 Å². The second-order valence-corrected chi connectivity index (χ2v) is 5.70. The van der Waals surface area contributed by atoms with Crippen LogP contribution in [0.3, 0.4) is 0 Å². The average Bonchev–Trinajstić information content (AvgIpc) is 3.19. The Morgan fingerprint density at radius 3 is 2.72 bits per heavy atom. The molecule has 25 heavy (non-hydrogen) atoms. The first-order valence-corrected chi connectivity index (χ1v) is 7.36. The molecule has 0 saturated heterocycles. The van der Waals surface area contributed by atoms with E-state index in [0.29, 0.717) is 16.8 Å². The lowest BCUT2D eigenvalue weighted by Gasteiger charge is -2.08. The van der Waals surface area contributed by atoms with Gasteiger partial charge in [0.2, 0.25) is 5.78 Å². The molecule has 0 aliphatic carbocycles. The number of hydrogen-bond donors (Lipinski definition) is 0. The first-order chi connectivity index (χ1) is 11.8. The highest BCUT2D eigenvalue weighted by Gasteiger charge is 2.36. The normalized spacial score (nSPS) is 19.2. The molecule has 1 aliphatic heterocycles. The SMILES string of the molecule is Cc1nn2c(C(F)(F)F)ccnc2c1/C=C1/C(=O)c2ncnn2C1C. The van der Waals surface area contributed by atoms with Crippen molar-refractivity contribution >= 4 is 17.5 Å². The zero-order chi connectivity index (χ0) is 17.9. The molecule has 128 valence electrons. The molecule has 1 aliphatic rings. The third-order valence-electron chi connectivity index (χ3n) is 4.18. The number of aromatic nitrogens is 6. The Hall–Kier alpha value is -3.04.